The Morgan fingerprint density at radius 2 is 2.21 bits per heavy atom. The molecule has 0 atom stereocenters. The van der Waals surface area contributed by atoms with E-state index in [-0.39, 0.29) is 0 Å². The first-order valence-electron chi connectivity index (χ1n) is 6.43. The van der Waals surface area contributed by atoms with Crippen LogP contribution in [0, 0.1) is 0 Å². The van der Waals surface area contributed by atoms with Crippen LogP contribution in [-0.4, -0.2) is 21.5 Å². The molecule has 0 aliphatic carbocycles. The normalized spacial score (nSPS) is 11.2. The van der Waals surface area contributed by atoms with Gasteiger partial charge in [-0.15, -0.1) is 5.10 Å². The second kappa shape index (κ2) is 5.67. The number of furan rings is 1. The number of para-hydroxylation sites is 1. The monoisotopic (exact) mass is 256 g/mol. The maximum atomic E-state index is 5.50. The number of nitrogens with zero attached hydrogens (tertiary/aromatic N) is 3. The minimum atomic E-state index is 0.828. The Morgan fingerprint density at radius 1 is 1.26 bits per heavy atom. The summed E-state index contributed by atoms with van der Waals surface area (Å²) in [5, 5.41) is 12.3. The molecule has 0 radical (unpaired) electrons. The summed E-state index contributed by atoms with van der Waals surface area (Å²) in [6, 6.07) is 8.10. The van der Waals surface area contributed by atoms with Gasteiger partial charge in [0.05, 0.1) is 12.5 Å². The van der Waals surface area contributed by atoms with Gasteiger partial charge in [-0.05, 0) is 19.0 Å². The fourth-order valence-electron chi connectivity index (χ4n) is 2.11. The molecule has 0 aliphatic rings. The molecule has 3 aromatic rings. The number of aromatic nitrogens is 3. The molecule has 0 saturated heterocycles. The molecule has 98 valence electrons. The average molecular weight is 256 g/mol. The van der Waals surface area contributed by atoms with Gasteiger partial charge in [0, 0.05) is 30.2 Å². The van der Waals surface area contributed by atoms with Gasteiger partial charge in [-0.2, -0.15) is 0 Å². The van der Waals surface area contributed by atoms with E-state index in [1.165, 1.54) is 10.9 Å². The van der Waals surface area contributed by atoms with E-state index in [4.69, 9.17) is 4.42 Å². The maximum Gasteiger partial charge on any atom is 0.134 e. The van der Waals surface area contributed by atoms with E-state index < -0.39 is 0 Å². The van der Waals surface area contributed by atoms with E-state index in [9.17, 15) is 0 Å². The lowest BCUT2D eigenvalue weighted by molar-refractivity contribution is 0.528. The number of hydrogen-bond acceptors (Lipinski definition) is 4. The number of hydrogen-bond donors (Lipinski definition) is 1. The predicted molar refractivity (Wildman–Crippen MR) is 72.6 cm³/mol. The van der Waals surface area contributed by atoms with Crippen LogP contribution < -0.4 is 5.32 Å². The number of benzene rings is 1. The van der Waals surface area contributed by atoms with E-state index in [2.05, 4.69) is 21.7 Å². The summed E-state index contributed by atoms with van der Waals surface area (Å²) >= 11 is 0. The Hall–Kier alpha value is -2.14. The third-order valence-electron chi connectivity index (χ3n) is 3.09. The Balaban J connectivity index is 1.47. The van der Waals surface area contributed by atoms with E-state index in [1.807, 2.05) is 35.3 Å². The first-order chi connectivity index (χ1) is 9.43. The SMILES string of the molecule is c1ccc2c(CNCCCn3ccnn3)coc2c1. The summed E-state index contributed by atoms with van der Waals surface area (Å²) < 4.78 is 7.34. The molecule has 19 heavy (non-hydrogen) atoms. The highest BCUT2D eigenvalue weighted by molar-refractivity contribution is 5.80. The van der Waals surface area contributed by atoms with Crippen LogP contribution >= 0.6 is 0 Å². The van der Waals surface area contributed by atoms with Gasteiger partial charge in [-0.25, -0.2) is 0 Å². The Kier molecular flexibility index (Phi) is 3.56. The van der Waals surface area contributed by atoms with Crippen molar-refractivity contribution in [3.63, 3.8) is 0 Å². The standard InChI is InChI=1S/C14H16N4O/c1-2-5-14-13(4-1)12(11-19-14)10-15-6-3-8-18-9-7-16-17-18/h1-2,4-5,7,9,11,15H,3,6,8,10H2. The topological polar surface area (TPSA) is 55.9 Å². The molecule has 0 spiro atoms. The molecule has 0 amide bonds. The van der Waals surface area contributed by atoms with Gasteiger partial charge in [0.1, 0.15) is 5.58 Å². The lowest BCUT2D eigenvalue weighted by Crippen LogP contribution is -2.16. The number of aryl methyl sites for hydroxylation is 1. The minimum Gasteiger partial charge on any atom is -0.464 e. The Labute approximate surface area is 111 Å². The van der Waals surface area contributed by atoms with Gasteiger partial charge >= 0.3 is 0 Å². The lowest BCUT2D eigenvalue weighted by Gasteiger charge is -2.03. The van der Waals surface area contributed by atoms with Crippen LogP contribution in [-0.2, 0) is 13.1 Å². The Bertz CT molecular complexity index is 630. The highest BCUT2D eigenvalue weighted by Gasteiger charge is 2.03. The van der Waals surface area contributed by atoms with Crippen molar-refractivity contribution in [3.8, 4) is 0 Å². The summed E-state index contributed by atoms with van der Waals surface area (Å²) in [6.45, 7) is 2.66. The van der Waals surface area contributed by atoms with E-state index in [0.29, 0.717) is 0 Å². The van der Waals surface area contributed by atoms with Crippen molar-refractivity contribution in [1.82, 2.24) is 20.3 Å². The number of fused-ring (bicyclic) bond motifs is 1. The molecule has 1 N–H and O–H groups in total. The van der Waals surface area contributed by atoms with Crippen molar-refractivity contribution >= 4 is 11.0 Å². The van der Waals surface area contributed by atoms with Crippen molar-refractivity contribution in [2.75, 3.05) is 6.54 Å². The zero-order valence-electron chi connectivity index (χ0n) is 10.6. The predicted octanol–water partition coefficient (Wildman–Crippen LogP) is 2.20. The number of rotatable bonds is 6. The Morgan fingerprint density at radius 3 is 3.11 bits per heavy atom. The molecule has 2 aromatic heterocycles. The maximum absolute atomic E-state index is 5.50. The summed E-state index contributed by atoms with van der Waals surface area (Å²) in [5.41, 5.74) is 2.15. The highest BCUT2D eigenvalue weighted by Crippen LogP contribution is 2.20. The van der Waals surface area contributed by atoms with Gasteiger partial charge in [-0.3, -0.25) is 4.68 Å². The van der Waals surface area contributed by atoms with Gasteiger partial charge in [0.2, 0.25) is 0 Å². The lowest BCUT2D eigenvalue weighted by atomic mass is 10.2. The van der Waals surface area contributed by atoms with E-state index in [0.717, 1.165) is 31.6 Å². The molecule has 2 heterocycles. The van der Waals surface area contributed by atoms with Crippen molar-refractivity contribution in [2.45, 2.75) is 19.5 Å². The van der Waals surface area contributed by atoms with Crippen molar-refractivity contribution in [1.29, 1.82) is 0 Å². The molecule has 0 aliphatic heterocycles. The van der Waals surface area contributed by atoms with Crippen LogP contribution in [0.25, 0.3) is 11.0 Å². The molecule has 1 aromatic carbocycles. The van der Waals surface area contributed by atoms with Gasteiger partial charge in [0.25, 0.3) is 0 Å². The van der Waals surface area contributed by atoms with Gasteiger partial charge in [0.15, 0.2) is 0 Å². The van der Waals surface area contributed by atoms with Crippen molar-refractivity contribution in [3.05, 3.63) is 48.5 Å². The first-order valence-corrected chi connectivity index (χ1v) is 6.43. The van der Waals surface area contributed by atoms with Crippen molar-refractivity contribution < 1.29 is 4.42 Å². The van der Waals surface area contributed by atoms with Crippen LogP contribution in [0.1, 0.15) is 12.0 Å². The van der Waals surface area contributed by atoms with Crippen LogP contribution in [0.4, 0.5) is 0 Å². The molecule has 5 nitrogen and oxygen atoms in total. The largest absolute Gasteiger partial charge is 0.464 e. The fourth-order valence-corrected chi connectivity index (χ4v) is 2.11. The third kappa shape index (κ3) is 2.82. The minimum absolute atomic E-state index is 0.828. The zero-order chi connectivity index (χ0) is 12.9. The second-order valence-electron chi connectivity index (χ2n) is 4.45. The fraction of sp³-hybridized carbons (Fsp3) is 0.286. The second-order valence-corrected chi connectivity index (χ2v) is 4.45. The van der Waals surface area contributed by atoms with Crippen LogP contribution in [0.15, 0.2) is 47.3 Å². The average Bonchev–Trinajstić information content (AvgIpc) is 3.08. The summed E-state index contributed by atoms with van der Waals surface area (Å²) in [6.07, 6.45) is 6.43. The first kappa shape index (κ1) is 11.9. The summed E-state index contributed by atoms with van der Waals surface area (Å²) in [7, 11) is 0. The molecule has 0 bridgehead atoms. The van der Waals surface area contributed by atoms with Crippen LogP contribution in [0.2, 0.25) is 0 Å². The van der Waals surface area contributed by atoms with E-state index >= 15 is 0 Å². The number of nitrogens with one attached hydrogen (secondary N) is 1. The summed E-state index contributed by atoms with van der Waals surface area (Å²) in [5.74, 6) is 0. The van der Waals surface area contributed by atoms with E-state index in [1.54, 1.807) is 6.20 Å². The molecular formula is C14H16N4O. The molecular weight excluding hydrogens is 240 g/mol. The molecule has 0 unspecified atom stereocenters. The van der Waals surface area contributed by atoms with Gasteiger partial charge in [-0.1, -0.05) is 23.4 Å². The van der Waals surface area contributed by atoms with Crippen LogP contribution in [0.3, 0.4) is 0 Å². The zero-order valence-corrected chi connectivity index (χ0v) is 10.6. The van der Waals surface area contributed by atoms with Crippen LogP contribution in [0.5, 0.6) is 0 Å². The van der Waals surface area contributed by atoms with Gasteiger partial charge < -0.3 is 9.73 Å². The smallest absolute Gasteiger partial charge is 0.134 e. The summed E-state index contributed by atoms with van der Waals surface area (Å²) in [4.78, 5) is 0. The molecule has 0 fully saturated rings. The van der Waals surface area contributed by atoms with Crippen molar-refractivity contribution in [2.24, 2.45) is 0 Å². The molecule has 0 saturated carbocycles. The highest BCUT2D eigenvalue weighted by atomic mass is 16.3. The third-order valence-corrected chi connectivity index (χ3v) is 3.09. The molecule has 5 heteroatoms. The quantitative estimate of drug-likeness (QED) is 0.687. The molecule has 3 rings (SSSR count).